The highest BCUT2D eigenvalue weighted by Crippen LogP contribution is 2.53. The summed E-state index contributed by atoms with van der Waals surface area (Å²) in [6.07, 6.45) is 6.63. The summed E-state index contributed by atoms with van der Waals surface area (Å²) in [6, 6.07) is 9.55. The second kappa shape index (κ2) is 4.58. The highest BCUT2D eigenvalue weighted by atomic mass is 16.4. The Bertz CT molecular complexity index is 643. The summed E-state index contributed by atoms with van der Waals surface area (Å²) in [4.78, 5) is 23.3. The van der Waals surface area contributed by atoms with Crippen LogP contribution in [0.1, 0.15) is 24.8 Å². The standard InChI is InChI=1S/C17H16O4/c18-14(19)17(15(20)21)10-4-9-16(11-17,13-7-8-13)12-5-2-1-3-6-12/h1-7,9H,8,10-11H2,(H,18,19)(H,20,21). The van der Waals surface area contributed by atoms with Gasteiger partial charge < -0.3 is 10.2 Å². The first-order valence-electron chi connectivity index (χ1n) is 6.91. The molecule has 108 valence electrons. The van der Waals surface area contributed by atoms with Crippen molar-refractivity contribution in [3.63, 3.8) is 0 Å². The van der Waals surface area contributed by atoms with Crippen molar-refractivity contribution < 1.29 is 19.8 Å². The van der Waals surface area contributed by atoms with Crippen LogP contribution in [0.25, 0.3) is 0 Å². The summed E-state index contributed by atoms with van der Waals surface area (Å²) < 4.78 is 0. The number of benzene rings is 1. The molecule has 2 aliphatic rings. The fraction of sp³-hybridized carbons (Fsp3) is 0.294. The van der Waals surface area contributed by atoms with Crippen LogP contribution >= 0.6 is 0 Å². The predicted octanol–water partition coefficient (Wildman–Crippen LogP) is 2.76. The van der Waals surface area contributed by atoms with Crippen LogP contribution in [0.4, 0.5) is 0 Å². The van der Waals surface area contributed by atoms with Gasteiger partial charge in [0.05, 0.1) is 0 Å². The molecule has 0 fully saturated rings. The summed E-state index contributed by atoms with van der Waals surface area (Å²) >= 11 is 0. The first kappa shape index (κ1) is 13.6. The summed E-state index contributed by atoms with van der Waals surface area (Å²) in [5, 5.41) is 19.0. The molecule has 0 aliphatic heterocycles. The van der Waals surface area contributed by atoms with Crippen LogP contribution in [0.2, 0.25) is 0 Å². The topological polar surface area (TPSA) is 74.6 Å². The van der Waals surface area contributed by atoms with Crippen LogP contribution in [0.3, 0.4) is 0 Å². The van der Waals surface area contributed by atoms with Gasteiger partial charge in [-0.15, -0.1) is 0 Å². The molecule has 0 spiro atoms. The monoisotopic (exact) mass is 284 g/mol. The molecule has 1 atom stereocenters. The Morgan fingerprint density at radius 2 is 1.67 bits per heavy atom. The van der Waals surface area contributed by atoms with Gasteiger partial charge in [0.1, 0.15) is 0 Å². The number of carboxylic acid groups (broad SMARTS) is 2. The van der Waals surface area contributed by atoms with E-state index < -0.39 is 22.8 Å². The summed E-state index contributed by atoms with van der Waals surface area (Å²) in [6.45, 7) is 0. The van der Waals surface area contributed by atoms with Crippen LogP contribution in [0, 0.1) is 5.41 Å². The van der Waals surface area contributed by atoms with Crippen molar-refractivity contribution in [3.05, 3.63) is 59.7 Å². The largest absolute Gasteiger partial charge is 0.480 e. The molecular formula is C17H16O4. The molecule has 2 aliphatic carbocycles. The summed E-state index contributed by atoms with van der Waals surface area (Å²) in [5.74, 6) is -2.53. The maximum atomic E-state index is 11.6. The third kappa shape index (κ3) is 1.98. The lowest BCUT2D eigenvalue weighted by atomic mass is 9.61. The van der Waals surface area contributed by atoms with Crippen molar-refractivity contribution in [2.75, 3.05) is 0 Å². The fourth-order valence-corrected chi connectivity index (χ4v) is 3.24. The van der Waals surface area contributed by atoms with E-state index in [1.165, 1.54) is 0 Å². The number of hydrogen-bond donors (Lipinski definition) is 2. The maximum absolute atomic E-state index is 11.6. The number of aliphatic carboxylic acids is 2. The molecule has 0 radical (unpaired) electrons. The smallest absolute Gasteiger partial charge is 0.321 e. The molecule has 21 heavy (non-hydrogen) atoms. The quantitative estimate of drug-likeness (QED) is 0.658. The van der Waals surface area contributed by atoms with E-state index in [9.17, 15) is 19.8 Å². The minimum Gasteiger partial charge on any atom is -0.480 e. The fourth-order valence-electron chi connectivity index (χ4n) is 3.24. The van der Waals surface area contributed by atoms with Crippen molar-refractivity contribution in [1.82, 2.24) is 0 Å². The van der Waals surface area contributed by atoms with Gasteiger partial charge in [0, 0.05) is 5.41 Å². The van der Waals surface area contributed by atoms with Gasteiger partial charge in [0.2, 0.25) is 0 Å². The molecule has 0 bridgehead atoms. The second-order valence-corrected chi connectivity index (χ2v) is 5.75. The lowest BCUT2D eigenvalue weighted by Gasteiger charge is -2.40. The molecule has 4 heteroatoms. The molecule has 1 aromatic rings. The SMILES string of the molecule is O=C(O)C1(C(=O)O)CC=CC(C2=CC2)(c2ccccc2)C1. The van der Waals surface area contributed by atoms with Crippen LogP contribution in [-0.2, 0) is 15.0 Å². The van der Waals surface area contributed by atoms with Gasteiger partial charge in [-0.1, -0.05) is 54.1 Å². The number of carboxylic acids is 2. The van der Waals surface area contributed by atoms with E-state index in [1.807, 2.05) is 42.5 Å². The third-order valence-electron chi connectivity index (χ3n) is 4.54. The first-order chi connectivity index (χ1) is 10.0. The van der Waals surface area contributed by atoms with E-state index in [2.05, 4.69) is 0 Å². The molecule has 0 aromatic heterocycles. The van der Waals surface area contributed by atoms with Gasteiger partial charge in [0.25, 0.3) is 0 Å². The van der Waals surface area contributed by atoms with Crippen LogP contribution < -0.4 is 0 Å². The molecule has 0 saturated heterocycles. The van der Waals surface area contributed by atoms with Crippen molar-refractivity contribution in [1.29, 1.82) is 0 Å². The average Bonchev–Trinajstić information content (AvgIpc) is 3.32. The Kier molecular flexibility index (Phi) is 2.97. The average molecular weight is 284 g/mol. The van der Waals surface area contributed by atoms with Crippen molar-refractivity contribution in [3.8, 4) is 0 Å². The lowest BCUT2D eigenvalue weighted by Crippen LogP contribution is -2.46. The highest BCUT2D eigenvalue weighted by molar-refractivity contribution is 5.99. The van der Waals surface area contributed by atoms with Crippen LogP contribution in [0.5, 0.6) is 0 Å². The Hall–Kier alpha value is -2.36. The molecule has 4 nitrogen and oxygen atoms in total. The van der Waals surface area contributed by atoms with E-state index in [0.29, 0.717) is 0 Å². The third-order valence-corrected chi connectivity index (χ3v) is 4.54. The van der Waals surface area contributed by atoms with Gasteiger partial charge in [0.15, 0.2) is 5.41 Å². The zero-order valence-electron chi connectivity index (χ0n) is 11.5. The van der Waals surface area contributed by atoms with E-state index in [-0.39, 0.29) is 12.8 Å². The molecule has 3 rings (SSSR count). The molecular weight excluding hydrogens is 268 g/mol. The van der Waals surface area contributed by atoms with Gasteiger partial charge in [-0.25, -0.2) is 0 Å². The van der Waals surface area contributed by atoms with Crippen molar-refractivity contribution in [2.45, 2.75) is 24.7 Å². The molecule has 1 unspecified atom stereocenters. The predicted molar refractivity (Wildman–Crippen MR) is 76.9 cm³/mol. The first-order valence-corrected chi connectivity index (χ1v) is 6.91. The minimum absolute atomic E-state index is 0.0273. The van der Waals surface area contributed by atoms with Crippen LogP contribution in [-0.4, -0.2) is 22.2 Å². The number of hydrogen-bond acceptors (Lipinski definition) is 2. The number of rotatable bonds is 4. The summed E-state index contributed by atoms with van der Waals surface area (Å²) in [5.41, 5.74) is -0.294. The minimum atomic E-state index is -1.76. The van der Waals surface area contributed by atoms with E-state index in [0.717, 1.165) is 17.6 Å². The summed E-state index contributed by atoms with van der Waals surface area (Å²) in [7, 11) is 0. The molecule has 0 saturated carbocycles. The van der Waals surface area contributed by atoms with E-state index in [4.69, 9.17) is 0 Å². The van der Waals surface area contributed by atoms with E-state index in [1.54, 1.807) is 6.08 Å². The molecule has 2 N–H and O–H groups in total. The second-order valence-electron chi connectivity index (χ2n) is 5.75. The lowest BCUT2D eigenvalue weighted by molar-refractivity contribution is -0.166. The van der Waals surface area contributed by atoms with Gasteiger partial charge in [-0.05, 0) is 24.8 Å². The normalized spacial score (nSPS) is 26.0. The van der Waals surface area contributed by atoms with Gasteiger partial charge >= 0.3 is 11.9 Å². The van der Waals surface area contributed by atoms with Crippen LogP contribution in [0.15, 0.2) is 54.1 Å². The Labute approximate surface area is 122 Å². The number of carbonyl (C=O) groups is 2. The zero-order chi connectivity index (χ0) is 15.1. The molecule has 0 heterocycles. The Balaban J connectivity index is 2.13. The van der Waals surface area contributed by atoms with Crippen molar-refractivity contribution >= 4 is 11.9 Å². The highest BCUT2D eigenvalue weighted by Gasteiger charge is 2.55. The van der Waals surface area contributed by atoms with E-state index >= 15 is 0 Å². The van der Waals surface area contributed by atoms with Crippen molar-refractivity contribution in [2.24, 2.45) is 5.41 Å². The Morgan fingerprint density at radius 3 is 2.19 bits per heavy atom. The maximum Gasteiger partial charge on any atom is 0.321 e. The van der Waals surface area contributed by atoms with Gasteiger partial charge in [-0.2, -0.15) is 0 Å². The zero-order valence-corrected chi connectivity index (χ0v) is 11.5. The molecule has 0 amide bonds. The Morgan fingerprint density at radius 1 is 1.05 bits per heavy atom. The number of allylic oxidation sites excluding steroid dienone is 4. The van der Waals surface area contributed by atoms with Gasteiger partial charge in [-0.3, -0.25) is 9.59 Å². The molecule has 1 aromatic carbocycles.